The van der Waals surface area contributed by atoms with E-state index in [0.717, 1.165) is 0 Å². The fraction of sp³-hybridized carbons (Fsp3) is 0.800. The molecule has 0 aliphatic heterocycles. The van der Waals surface area contributed by atoms with Crippen LogP contribution < -0.4 is 10.0 Å². The Balaban J connectivity index is 0. The lowest BCUT2D eigenvalue weighted by molar-refractivity contribution is -0.894. The van der Waals surface area contributed by atoms with Crippen molar-refractivity contribution in [1.82, 2.24) is 0 Å². The van der Waals surface area contributed by atoms with Crippen LogP contribution in [-0.2, 0) is 4.79 Å². The number of ketones is 1. The lowest BCUT2D eigenvalue weighted by Gasteiger charge is -2.10. The van der Waals surface area contributed by atoms with E-state index in [-0.39, 0.29) is 12.2 Å². The van der Waals surface area contributed by atoms with Gasteiger partial charge in [-0.1, -0.05) is 0 Å². The van der Waals surface area contributed by atoms with Gasteiger partial charge in [-0.15, -0.1) is 0 Å². The number of nitrogens with one attached hydrogen (secondary N) is 2. The van der Waals surface area contributed by atoms with E-state index in [9.17, 15) is 9.90 Å². The molecule has 0 heterocycles. The van der Waals surface area contributed by atoms with Crippen molar-refractivity contribution in [3.63, 3.8) is 0 Å². The maximum Gasteiger partial charge on any atom is 0.134 e. The first-order valence-corrected chi connectivity index (χ1v) is 5.05. The minimum absolute atomic E-state index is 0.250. The molecule has 0 spiro atoms. The van der Waals surface area contributed by atoms with E-state index >= 15 is 0 Å². The summed E-state index contributed by atoms with van der Waals surface area (Å²) >= 11 is 0. The van der Waals surface area contributed by atoms with Crippen LogP contribution in [0.15, 0.2) is 0 Å². The Kier molecular flexibility index (Phi) is 11.3. The van der Waals surface area contributed by atoms with Crippen molar-refractivity contribution in [2.24, 2.45) is 0 Å². The Hall–Kier alpha value is -0.900. The molecule has 0 radical (unpaired) electrons. The van der Waals surface area contributed by atoms with E-state index in [1.165, 1.54) is 26.6 Å². The van der Waals surface area contributed by atoms with Gasteiger partial charge in [0.1, 0.15) is 5.78 Å². The average Bonchev–Trinajstić information content (AvgIpc) is 2.06. The monoisotopic (exact) mass is 202 g/mol. The highest BCUT2D eigenvalue weighted by Crippen LogP contribution is 1.75. The van der Waals surface area contributed by atoms with Crippen LogP contribution in [0.5, 0.6) is 0 Å². The van der Waals surface area contributed by atoms with Crippen LogP contribution in [0.25, 0.3) is 0 Å². The number of carbonyl (C=O) groups is 1. The fourth-order valence-corrected chi connectivity index (χ4v) is 0.976. The van der Waals surface area contributed by atoms with Gasteiger partial charge in [-0.2, -0.15) is 0 Å². The van der Waals surface area contributed by atoms with Gasteiger partial charge in [0.25, 0.3) is 0 Å². The number of quaternary nitrogens is 1. The molecule has 2 N–H and O–H groups in total. The molecule has 0 bridgehead atoms. The maximum atomic E-state index is 9.91. The molecular weight excluding hydrogens is 180 g/mol. The first-order chi connectivity index (χ1) is 6.47. The van der Waals surface area contributed by atoms with E-state index in [4.69, 9.17) is 5.41 Å². The largest absolute Gasteiger partial charge is 0.862 e. The van der Waals surface area contributed by atoms with Crippen molar-refractivity contribution < 1.29 is 14.8 Å². The summed E-state index contributed by atoms with van der Waals surface area (Å²) in [6.45, 7) is 11.8. The van der Waals surface area contributed by atoms with Crippen LogP contribution in [0.4, 0.5) is 0 Å². The van der Waals surface area contributed by atoms with Crippen LogP contribution >= 0.6 is 0 Å². The molecule has 0 aliphatic rings. The van der Waals surface area contributed by atoms with Crippen LogP contribution in [-0.4, -0.2) is 31.3 Å². The lowest BCUT2D eigenvalue weighted by atomic mass is 10.3. The summed E-state index contributed by atoms with van der Waals surface area (Å²) in [5.41, 5.74) is 0. The maximum absolute atomic E-state index is 9.91. The van der Waals surface area contributed by atoms with Gasteiger partial charge in [-0.25, -0.2) is 0 Å². The molecule has 0 aromatic rings. The SMILES string of the molecule is CC(=O)CC(=N)[O-].CC[NH+](CC)CC. The number of hydrogen-bond acceptors (Lipinski definition) is 3. The fourth-order valence-electron chi connectivity index (χ4n) is 0.976. The molecule has 0 fully saturated rings. The molecule has 0 unspecified atom stereocenters. The standard InChI is InChI=1S/C6H15N.C4H7NO2/c1-4-7(5-2)6-3;1-3(6)2-4(5)7/h4-6H2,1-3H3;2H2,1H3,(H2,5,7). The van der Waals surface area contributed by atoms with Gasteiger partial charge in [-0.05, 0) is 33.6 Å². The highest BCUT2D eigenvalue weighted by atomic mass is 16.3. The smallest absolute Gasteiger partial charge is 0.134 e. The van der Waals surface area contributed by atoms with Gasteiger partial charge < -0.3 is 15.4 Å². The van der Waals surface area contributed by atoms with Crippen molar-refractivity contribution in [3.05, 3.63) is 0 Å². The van der Waals surface area contributed by atoms with Gasteiger partial charge in [0.15, 0.2) is 0 Å². The van der Waals surface area contributed by atoms with E-state index < -0.39 is 5.90 Å². The van der Waals surface area contributed by atoms with Gasteiger partial charge in [0.05, 0.1) is 19.6 Å². The van der Waals surface area contributed by atoms with Gasteiger partial charge in [-0.3, -0.25) is 4.79 Å². The summed E-state index contributed by atoms with van der Waals surface area (Å²) < 4.78 is 0. The summed E-state index contributed by atoms with van der Waals surface area (Å²) in [6, 6.07) is 0. The zero-order valence-corrected chi connectivity index (χ0v) is 9.64. The topological polar surface area (TPSA) is 68.4 Å². The van der Waals surface area contributed by atoms with Crippen LogP contribution in [0, 0.1) is 5.41 Å². The third kappa shape index (κ3) is 13.7. The zero-order valence-electron chi connectivity index (χ0n) is 9.64. The van der Waals surface area contributed by atoms with Crippen molar-refractivity contribution in [2.45, 2.75) is 34.1 Å². The quantitative estimate of drug-likeness (QED) is 0.454. The molecule has 0 atom stereocenters. The number of Topliss-reactive ketones (excluding diaryl/α,β-unsaturated/α-hetero) is 1. The van der Waals surface area contributed by atoms with Gasteiger partial charge >= 0.3 is 0 Å². The molecule has 84 valence electrons. The van der Waals surface area contributed by atoms with E-state index in [0.29, 0.717) is 0 Å². The van der Waals surface area contributed by atoms with Crippen molar-refractivity contribution in [2.75, 3.05) is 19.6 Å². The summed E-state index contributed by atoms with van der Waals surface area (Å²) in [5, 5.41) is 15.9. The summed E-state index contributed by atoms with van der Waals surface area (Å²) in [5.74, 6) is -1.06. The number of carbonyl (C=O) groups excluding carboxylic acids is 1. The van der Waals surface area contributed by atoms with Gasteiger partial charge in [0, 0.05) is 6.42 Å². The van der Waals surface area contributed by atoms with Crippen LogP contribution in [0.3, 0.4) is 0 Å². The molecule has 4 heteroatoms. The minimum atomic E-state index is -0.812. The second-order valence-electron chi connectivity index (χ2n) is 3.11. The van der Waals surface area contributed by atoms with Gasteiger partial charge in [0.2, 0.25) is 0 Å². The molecule has 0 rings (SSSR count). The Morgan fingerprint density at radius 3 is 1.57 bits per heavy atom. The molecule has 4 nitrogen and oxygen atoms in total. The Bertz CT molecular complexity index is 148. The minimum Gasteiger partial charge on any atom is -0.862 e. The van der Waals surface area contributed by atoms with E-state index in [1.807, 2.05) is 0 Å². The summed E-state index contributed by atoms with van der Waals surface area (Å²) in [4.78, 5) is 11.6. The molecule has 0 saturated carbocycles. The summed E-state index contributed by atoms with van der Waals surface area (Å²) in [7, 11) is 0. The Morgan fingerprint density at radius 1 is 1.21 bits per heavy atom. The second kappa shape index (κ2) is 10.2. The zero-order chi connectivity index (χ0) is 11.6. The second-order valence-corrected chi connectivity index (χ2v) is 3.11. The Labute approximate surface area is 86.4 Å². The highest BCUT2D eigenvalue weighted by molar-refractivity contribution is 5.93. The molecule has 14 heavy (non-hydrogen) atoms. The predicted molar refractivity (Wildman–Crippen MR) is 55.6 cm³/mol. The van der Waals surface area contributed by atoms with Crippen molar-refractivity contribution >= 4 is 11.7 Å². The normalized spacial score (nSPS) is 9.21. The third-order valence-corrected chi connectivity index (χ3v) is 1.91. The lowest BCUT2D eigenvalue weighted by Crippen LogP contribution is -3.11. The molecule has 0 aliphatic carbocycles. The number of rotatable bonds is 5. The Morgan fingerprint density at radius 2 is 1.57 bits per heavy atom. The molecule has 0 aromatic heterocycles. The van der Waals surface area contributed by atoms with Crippen molar-refractivity contribution in [1.29, 1.82) is 5.41 Å². The molecule has 0 amide bonds. The van der Waals surface area contributed by atoms with E-state index in [1.54, 1.807) is 4.90 Å². The molecule has 0 saturated heterocycles. The highest BCUT2D eigenvalue weighted by Gasteiger charge is 1.92. The van der Waals surface area contributed by atoms with Crippen LogP contribution in [0.2, 0.25) is 0 Å². The van der Waals surface area contributed by atoms with E-state index in [2.05, 4.69) is 20.8 Å². The molecule has 0 aromatic carbocycles. The predicted octanol–water partition coefficient (Wildman–Crippen LogP) is -0.766. The van der Waals surface area contributed by atoms with Crippen molar-refractivity contribution in [3.8, 4) is 0 Å². The third-order valence-electron chi connectivity index (χ3n) is 1.91. The average molecular weight is 202 g/mol. The first-order valence-electron chi connectivity index (χ1n) is 5.05. The molecular formula is C10H22N2O2. The number of hydrogen-bond donors (Lipinski definition) is 2. The first kappa shape index (κ1) is 15.6. The summed E-state index contributed by atoms with van der Waals surface area (Å²) in [6.07, 6.45) is -0.250. The van der Waals surface area contributed by atoms with Crippen LogP contribution in [0.1, 0.15) is 34.1 Å².